The van der Waals surface area contributed by atoms with Crippen molar-refractivity contribution in [2.45, 2.75) is 59.0 Å². The molecule has 1 N–H and O–H groups in total. The number of ketones is 2. The number of hydrogen-bond acceptors (Lipinski definition) is 5. The summed E-state index contributed by atoms with van der Waals surface area (Å²) < 4.78 is 11.6. The van der Waals surface area contributed by atoms with Crippen LogP contribution in [0.25, 0.3) is 0 Å². The number of aromatic amines is 1. The lowest BCUT2D eigenvalue weighted by Gasteiger charge is -2.30. The molecule has 2 aliphatic heterocycles. The van der Waals surface area contributed by atoms with Crippen LogP contribution in [0.4, 0.5) is 0 Å². The maximum Gasteiger partial charge on any atom is 0.196 e. The Morgan fingerprint density at radius 2 is 1.87 bits per heavy atom. The van der Waals surface area contributed by atoms with Crippen LogP contribution in [0.3, 0.4) is 0 Å². The molecule has 0 radical (unpaired) electrons. The monoisotopic (exact) mass is 410 g/mol. The molecule has 1 aromatic heterocycles. The zero-order valence-corrected chi connectivity index (χ0v) is 18.2. The van der Waals surface area contributed by atoms with E-state index in [9.17, 15) is 9.59 Å². The number of carbonyl (C=O) groups is 2. The summed E-state index contributed by atoms with van der Waals surface area (Å²) in [5.74, 6) is 1.60. The molecule has 0 amide bonds. The lowest BCUT2D eigenvalue weighted by Crippen LogP contribution is -2.39. The van der Waals surface area contributed by atoms with Crippen molar-refractivity contribution in [1.29, 1.82) is 0 Å². The lowest BCUT2D eigenvalue weighted by molar-refractivity contribution is 0.0814. The Balaban J connectivity index is 1.59. The molecule has 1 aromatic carbocycles. The molecule has 4 rings (SSSR count). The van der Waals surface area contributed by atoms with Crippen LogP contribution in [0.15, 0.2) is 18.2 Å². The minimum Gasteiger partial charge on any atom is -0.490 e. The van der Waals surface area contributed by atoms with Gasteiger partial charge in [0.05, 0.1) is 24.9 Å². The molecule has 1 saturated heterocycles. The van der Waals surface area contributed by atoms with Gasteiger partial charge in [0.25, 0.3) is 0 Å². The molecule has 0 aliphatic carbocycles. The summed E-state index contributed by atoms with van der Waals surface area (Å²) in [5.41, 5.74) is 3.85. The van der Waals surface area contributed by atoms with Crippen molar-refractivity contribution in [3.05, 3.63) is 46.3 Å². The first kappa shape index (κ1) is 20.7. The highest BCUT2D eigenvalue weighted by Crippen LogP contribution is 2.39. The second-order valence-electron chi connectivity index (χ2n) is 8.37. The highest BCUT2D eigenvalue weighted by molar-refractivity contribution is 6.05. The van der Waals surface area contributed by atoms with Crippen LogP contribution in [-0.2, 0) is 0 Å². The van der Waals surface area contributed by atoms with E-state index in [2.05, 4.69) is 22.0 Å². The Hall–Kier alpha value is -2.60. The average Bonchev–Trinajstić information content (AvgIpc) is 3.23. The largest absolute Gasteiger partial charge is 0.490 e. The molecule has 0 spiro atoms. The second-order valence-corrected chi connectivity index (χ2v) is 8.37. The molecule has 160 valence electrons. The molecule has 30 heavy (non-hydrogen) atoms. The minimum absolute atomic E-state index is 0.0146. The number of H-pyrrole nitrogens is 1. The molecule has 2 aromatic rings. The number of ether oxygens (including phenoxy) is 2. The van der Waals surface area contributed by atoms with Crippen LogP contribution in [0.5, 0.6) is 11.5 Å². The van der Waals surface area contributed by atoms with E-state index in [1.54, 1.807) is 6.92 Å². The van der Waals surface area contributed by atoms with E-state index in [-0.39, 0.29) is 23.7 Å². The molecule has 0 bridgehead atoms. The van der Waals surface area contributed by atoms with Gasteiger partial charge in [-0.25, -0.2) is 0 Å². The molecule has 1 fully saturated rings. The molecule has 2 aliphatic rings. The Morgan fingerprint density at radius 3 is 2.57 bits per heavy atom. The van der Waals surface area contributed by atoms with Crippen molar-refractivity contribution in [3.8, 4) is 11.5 Å². The number of nitrogens with zero attached hydrogens (tertiary/aromatic N) is 1. The predicted molar refractivity (Wildman–Crippen MR) is 115 cm³/mol. The number of benzene rings is 1. The van der Waals surface area contributed by atoms with Gasteiger partial charge in [-0.2, -0.15) is 0 Å². The van der Waals surface area contributed by atoms with E-state index in [0.717, 1.165) is 54.1 Å². The molecule has 2 atom stereocenters. The number of aromatic nitrogens is 1. The number of rotatable bonds is 5. The topological polar surface area (TPSA) is 71.6 Å². The van der Waals surface area contributed by atoms with E-state index in [0.29, 0.717) is 24.5 Å². The maximum atomic E-state index is 13.4. The van der Waals surface area contributed by atoms with E-state index < -0.39 is 0 Å². The SMILES string of the molecule is CC(=O)c1c(C)[nH]c(C(=O)[C@@H](C)N2CCC[C@H]2c2ccc3c(c2)OCCCO3)c1C. The summed E-state index contributed by atoms with van der Waals surface area (Å²) >= 11 is 0. The number of likely N-dealkylation sites (tertiary alicyclic amines) is 1. The van der Waals surface area contributed by atoms with Crippen LogP contribution in [0.1, 0.15) is 76.8 Å². The summed E-state index contributed by atoms with van der Waals surface area (Å²) in [6, 6.07) is 6.01. The van der Waals surface area contributed by atoms with Gasteiger partial charge in [-0.1, -0.05) is 6.07 Å². The Bertz CT molecular complexity index is 978. The zero-order valence-electron chi connectivity index (χ0n) is 18.2. The van der Waals surface area contributed by atoms with Crippen molar-refractivity contribution in [3.63, 3.8) is 0 Å². The molecular formula is C24H30N2O4. The van der Waals surface area contributed by atoms with Crippen molar-refractivity contribution >= 4 is 11.6 Å². The van der Waals surface area contributed by atoms with E-state index >= 15 is 0 Å². The van der Waals surface area contributed by atoms with Crippen LogP contribution < -0.4 is 9.47 Å². The Morgan fingerprint density at radius 1 is 1.13 bits per heavy atom. The van der Waals surface area contributed by atoms with Gasteiger partial charge < -0.3 is 14.5 Å². The van der Waals surface area contributed by atoms with E-state index in [1.165, 1.54) is 0 Å². The van der Waals surface area contributed by atoms with Crippen LogP contribution in [0, 0.1) is 13.8 Å². The molecule has 0 unspecified atom stereocenters. The third-order valence-electron chi connectivity index (χ3n) is 6.36. The standard InChI is InChI=1S/C24H30N2O4/c1-14-22(17(4)27)15(2)25-23(14)24(28)16(3)26-10-5-7-19(26)18-8-9-20-21(13-18)30-12-6-11-29-20/h8-9,13,16,19,25H,5-7,10-12H2,1-4H3/t16-,19+/m1/s1. The van der Waals surface area contributed by atoms with Gasteiger partial charge >= 0.3 is 0 Å². The van der Waals surface area contributed by atoms with E-state index in [1.807, 2.05) is 26.8 Å². The van der Waals surface area contributed by atoms with Gasteiger partial charge in [-0.3, -0.25) is 14.5 Å². The Kier molecular flexibility index (Phi) is 5.69. The number of nitrogens with one attached hydrogen (secondary N) is 1. The highest BCUT2D eigenvalue weighted by Gasteiger charge is 2.35. The minimum atomic E-state index is -0.287. The van der Waals surface area contributed by atoms with Crippen LogP contribution in [0.2, 0.25) is 0 Å². The van der Waals surface area contributed by atoms with Crippen molar-refractivity contribution in [2.75, 3.05) is 19.8 Å². The highest BCUT2D eigenvalue weighted by atomic mass is 16.5. The Labute approximate surface area is 177 Å². The fourth-order valence-corrected chi connectivity index (χ4v) is 4.88. The molecule has 0 saturated carbocycles. The van der Waals surface area contributed by atoms with Crippen LogP contribution >= 0.6 is 0 Å². The third-order valence-corrected chi connectivity index (χ3v) is 6.36. The quantitative estimate of drug-likeness (QED) is 0.740. The normalized spacial score (nSPS) is 20.1. The van der Waals surface area contributed by atoms with Crippen molar-refractivity contribution < 1.29 is 19.1 Å². The lowest BCUT2D eigenvalue weighted by atomic mass is 9.99. The second kappa shape index (κ2) is 8.26. The molecular weight excluding hydrogens is 380 g/mol. The van der Waals surface area contributed by atoms with Gasteiger partial charge in [-0.15, -0.1) is 0 Å². The van der Waals surface area contributed by atoms with Crippen LogP contribution in [-0.4, -0.2) is 47.3 Å². The number of carbonyl (C=O) groups excluding carboxylic acids is 2. The summed E-state index contributed by atoms with van der Waals surface area (Å²) in [5, 5.41) is 0. The number of hydrogen-bond donors (Lipinski definition) is 1. The van der Waals surface area contributed by atoms with Gasteiger partial charge in [-0.05, 0) is 70.3 Å². The zero-order chi connectivity index (χ0) is 21.4. The maximum absolute atomic E-state index is 13.4. The first-order valence-corrected chi connectivity index (χ1v) is 10.8. The fourth-order valence-electron chi connectivity index (χ4n) is 4.88. The van der Waals surface area contributed by atoms with Crippen molar-refractivity contribution in [1.82, 2.24) is 9.88 Å². The van der Waals surface area contributed by atoms with Gasteiger partial charge in [0.15, 0.2) is 23.1 Å². The summed E-state index contributed by atoms with van der Waals surface area (Å²) in [6.07, 6.45) is 2.92. The first-order chi connectivity index (χ1) is 14.4. The molecule has 6 nitrogen and oxygen atoms in total. The predicted octanol–water partition coefficient (Wildman–Crippen LogP) is 4.40. The third kappa shape index (κ3) is 3.65. The van der Waals surface area contributed by atoms with Gasteiger partial charge in [0.1, 0.15) is 0 Å². The first-order valence-electron chi connectivity index (χ1n) is 10.8. The summed E-state index contributed by atoms with van der Waals surface area (Å²) in [7, 11) is 0. The summed E-state index contributed by atoms with van der Waals surface area (Å²) in [6.45, 7) is 9.40. The fraction of sp³-hybridized carbons (Fsp3) is 0.500. The van der Waals surface area contributed by atoms with Crippen molar-refractivity contribution in [2.24, 2.45) is 0 Å². The number of fused-ring (bicyclic) bond motifs is 1. The van der Waals surface area contributed by atoms with Gasteiger partial charge in [0, 0.05) is 23.7 Å². The van der Waals surface area contributed by atoms with E-state index in [4.69, 9.17) is 9.47 Å². The number of Topliss-reactive ketones (excluding diaryl/α,β-unsaturated/α-hetero) is 2. The number of aryl methyl sites for hydroxylation is 1. The average molecular weight is 411 g/mol. The molecule has 6 heteroatoms. The van der Waals surface area contributed by atoms with Gasteiger partial charge in [0.2, 0.25) is 0 Å². The smallest absolute Gasteiger partial charge is 0.196 e. The summed E-state index contributed by atoms with van der Waals surface area (Å²) in [4.78, 5) is 30.8. The molecule has 3 heterocycles.